The molecule has 9 nitrogen and oxygen atoms in total. The van der Waals surface area contributed by atoms with Gasteiger partial charge in [0, 0.05) is 41.3 Å². The number of benzene rings is 1. The molecule has 1 atom stereocenters. The number of pyridine rings is 2. The van der Waals surface area contributed by atoms with Gasteiger partial charge < -0.3 is 16.1 Å². The number of hydrogen-bond acceptors (Lipinski definition) is 9. The van der Waals surface area contributed by atoms with Crippen molar-refractivity contribution in [3.8, 4) is 12.1 Å². The van der Waals surface area contributed by atoms with Crippen molar-refractivity contribution in [2.24, 2.45) is 5.41 Å². The molecule has 0 saturated carbocycles. The second-order valence-electron chi connectivity index (χ2n) is 11.6. The lowest BCUT2D eigenvalue weighted by molar-refractivity contribution is -0.0311. The van der Waals surface area contributed by atoms with Gasteiger partial charge in [0.25, 0.3) is 6.43 Å². The molecule has 1 aromatic carbocycles. The number of halogens is 3. The van der Waals surface area contributed by atoms with E-state index in [1.165, 1.54) is 37.3 Å². The van der Waals surface area contributed by atoms with Crippen molar-refractivity contribution >= 4 is 22.3 Å². The smallest absolute Gasteiger partial charge is 0.262 e. The minimum atomic E-state index is -2.66. The van der Waals surface area contributed by atoms with Gasteiger partial charge in [0.1, 0.15) is 17.7 Å². The maximum Gasteiger partial charge on any atom is 0.262 e. The fraction of sp³-hybridized carbons (Fsp3) is 0.379. The molecule has 1 aliphatic rings. The standard InChI is InChI=1S/C29H32F3N9/c1-16-20(7-8-23(30)37-16)26(22-14-41(40-39-22)29(5,6)27(31)32)38-19-9-17(11-33)24-21(10-19)25(18(12-34)13-35-24)36-15-28(2,3)4/h7-10,13-14,26-27,38-40H,15H2,1-6H3,(H,35,36)/t26-/m0/s1. The van der Waals surface area contributed by atoms with Gasteiger partial charge >= 0.3 is 0 Å². The number of rotatable bonds is 8. The Morgan fingerprint density at radius 2 is 1.78 bits per heavy atom. The zero-order valence-electron chi connectivity index (χ0n) is 23.7. The zero-order valence-corrected chi connectivity index (χ0v) is 23.7. The van der Waals surface area contributed by atoms with E-state index in [-0.39, 0.29) is 11.0 Å². The van der Waals surface area contributed by atoms with Gasteiger partial charge in [-0.05, 0) is 44.4 Å². The lowest BCUT2D eigenvalue weighted by Crippen LogP contribution is -2.53. The Bertz CT molecular complexity index is 1580. The number of aryl methyl sites for hydroxylation is 1. The summed E-state index contributed by atoms with van der Waals surface area (Å²) in [7, 11) is 0. The predicted octanol–water partition coefficient (Wildman–Crippen LogP) is 5.64. The van der Waals surface area contributed by atoms with E-state index in [0.717, 1.165) is 0 Å². The van der Waals surface area contributed by atoms with E-state index in [9.17, 15) is 23.7 Å². The van der Waals surface area contributed by atoms with Gasteiger partial charge in [0.05, 0.1) is 34.1 Å². The predicted molar refractivity (Wildman–Crippen MR) is 151 cm³/mol. The van der Waals surface area contributed by atoms with Crippen molar-refractivity contribution in [1.29, 1.82) is 10.5 Å². The maximum atomic E-state index is 13.9. The first-order valence-electron chi connectivity index (χ1n) is 13.0. The van der Waals surface area contributed by atoms with Gasteiger partial charge in [-0.1, -0.05) is 26.8 Å². The number of alkyl halides is 2. The highest BCUT2D eigenvalue weighted by atomic mass is 19.3. The molecule has 4 rings (SSSR count). The summed E-state index contributed by atoms with van der Waals surface area (Å²) in [5, 5.41) is 28.3. The molecule has 41 heavy (non-hydrogen) atoms. The van der Waals surface area contributed by atoms with E-state index in [4.69, 9.17) is 0 Å². The first kappa shape index (κ1) is 29.4. The number of fused-ring (bicyclic) bond motifs is 1. The van der Waals surface area contributed by atoms with Crippen LogP contribution in [0.2, 0.25) is 0 Å². The quantitative estimate of drug-likeness (QED) is 0.258. The Hall–Kier alpha value is -4.55. The first-order valence-corrected chi connectivity index (χ1v) is 13.0. The summed E-state index contributed by atoms with van der Waals surface area (Å²) in [6.45, 7) is 11.2. The molecule has 0 saturated heterocycles. The molecule has 0 aliphatic carbocycles. The molecule has 0 spiro atoms. The molecule has 0 bridgehead atoms. The SMILES string of the molecule is Cc1nc(F)ccc1[C@H](Nc1cc(C#N)c2ncc(C#N)c(NCC(C)(C)C)c2c1)C1=CN(C(C)(C)C(F)F)NN1. The van der Waals surface area contributed by atoms with Crippen LogP contribution in [0, 0.1) is 40.9 Å². The Labute approximate surface area is 237 Å². The Kier molecular flexibility index (Phi) is 8.00. The molecule has 2 aromatic heterocycles. The largest absolute Gasteiger partial charge is 0.383 e. The third kappa shape index (κ3) is 6.13. The Balaban J connectivity index is 1.86. The average molecular weight is 564 g/mol. The van der Waals surface area contributed by atoms with Gasteiger partial charge in [0.2, 0.25) is 5.95 Å². The van der Waals surface area contributed by atoms with Gasteiger partial charge in [-0.2, -0.15) is 14.9 Å². The maximum absolute atomic E-state index is 13.9. The van der Waals surface area contributed by atoms with Crippen molar-refractivity contribution in [3.05, 3.63) is 70.7 Å². The minimum Gasteiger partial charge on any atom is -0.383 e. The molecule has 12 heteroatoms. The molecule has 3 aromatic rings. The van der Waals surface area contributed by atoms with E-state index in [1.54, 1.807) is 25.1 Å². The van der Waals surface area contributed by atoms with Crippen molar-refractivity contribution in [1.82, 2.24) is 25.9 Å². The molecule has 3 heterocycles. The molecule has 0 fully saturated rings. The topological polar surface area (TPSA) is 125 Å². The number of anilines is 2. The van der Waals surface area contributed by atoms with Gasteiger partial charge in [-0.15, -0.1) is 5.53 Å². The summed E-state index contributed by atoms with van der Waals surface area (Å²) >= 11 is 0. The van der Waals surface area contributed by atoms with E-state index >= 15 is 0 Å². The zero-order chi connectivity index (χ0) is 30.1. The van der Waals surface area contributed by atoms with Crippen LogP contribution in [0.5, 0.6) is 0 Å². The van der Waals surface area contributed by atoms with Crippen LogP contribution in [-0.4, -0.2) is 33.5 Å². The first-order chi connectivity index (χ1) is 19.2. The monoisotopic (exact) mass is 563 g/mol. The summed E-state index contributed by atoms with van der Waals surface area (Å²) in [5.74, 6) is -0.654. The lowest BCUT2D eigenvalue weighted by atomic mass is 9.96. The fourth-order valence-electron chi connectivity index (χ4n) is 4.33. The highest BCUT2D eigenvalue weighted by Gasteiger charge is 2.38. The highest BCUT2D eigenvalue weighted by Crippen LogP contribution is 2.35. The third-order valence-corrected chi connectivity index (χ3v) is 6.78. The van der Waals surface area contributed by atoms with Gasteiger partial charge in [0.15, 0.2) is 0 Å². The summed E-state index contributed by atoms with van der Waals surface area (Å²) in [5.41, 5.74) is 7.57. The molecule has 0 unspecified atom stereocenters. The lowest BCUT2D eigenvalue weighted by Gasteiger charge is -2.33. The number of nitrogens with one attached hydrogen (secondary N) is 4. The summed E-state index contributed by atoms with van der Waals surface area (Å²) in [6, 6.07) is 9.82. The second-order valence-corrected chi connectivity index (χ2v) is 11.6. The van der Waals surface area contributed by atoms with Crippen molar-refractivity contribution in [2.75, 3.05) is 17.2 Å². The summed E-state index contributed by atoms with van der Waals surface area (Å²) in [4.78, 5) is 8.33. The fourth-order valence-corrected chi connectivity index (χ4v) is 4.33. The van der Waals surface area contributed by atoms with Crippen LogP contribution in [0.25, 0.3) is 10.9 Å². The third-order valence-electron chi connectivity index (χ3n) is 6.78. The normalized spacial score (nSPS) is 14.3. The van der Waals surface area contributed by atoms with Crippen molar-refractivity contribution in [2.45, 2.75) is 59.5 Å². The van der Waals surface area contributed by atoms with Crippen LogP contribution >= 0.6 is 0 Å². The molecule has 1 aliphatic heterocycles. The van der Waals surface area contributed by atoms with E-state index in [2.05, 4.69) is 64.5 Å². The molecular weight excluding hydrogens is 531 g/mol. The van der Waals surface area contributed by atoms with Crippen LogP contribution < -0.4 is 21.6 Å². The van der Waals surface area contributed by atoms with Crippen LogP contribution in [0.1, 0.15) is 63.0 Å². The Morgan fingerprint density at radius 3 is 2.39 bits per heavy atom. The van der Waals surface area contributed by atoms with Gasteiger partial charge in [-0.25, -0.2) is 13.8 Å². The van der Waals surface area contributed by atoms with Crippen LogP contribution in [-0.2, 0) is 0 Å². The number of nitriles is 2. The Morgan fingerprint density at radius 1 is 1.07 bits per heavy atom. The summed E-state index contributed by atoms with van der Waals surface area (Å²) in [6.07, 6.45) is 0.299. The van der Waals surface area contributed by atoms with Crippen LogP contribution in [0.3, 0.4) is 0 Å². The number of aromatic nitrogens is 2. The van der Waals surface area contributed by atoms with Crippen molar-refractivity contribution < 1.29 is 13.2 Å². The molecule has 214 valence electrons. The molecule has 0 amide bonds. The minimum absolute atomic E-state index is 0.0973. The second kappa shape index (κ2) is 11.1. The summed E-state index contributed by atoms with van der Waals surface area (Å²) < 4.78 is 41.5. The number of hydrazine groups is 2. The number of nitrogens with zero attached hydrogens (tertiary/aromatic N) is 5. The molecule has 4 N–H and O–H groups in total. The van der Waals surface area contributed by atoms with Crippen molar-refractivity contribution in [3.63, 3.8) is 0 Å². The average Bonchev–Trinajstić information content (AvgIpc) is 3.40. The van der Waals surface area contributed by atoms with E-state index in [0.29, 0.717) is 51.3 Å². The van der Waals surface area contributed by atoms with Crippen LogP contribution in [0.15, 0.2) is 42.4 Å². The highest BCUT2D eigenvalue weighted by molar-refractivity contribution is 5.99. The van der Waals surface area contributed by atoms with Crippen LogP contribution in [0.4, 0.5) is 24.5 Å². The molecule has 0 radical (unpaired) electrons. The molecular formula is C29H32F3N9. The van der Waals surface area contributed by atoms with Gasteiger partial charge in [-0.3, -0.25) is 9.99 Å². The van der Waals surface area contributed by atoms with E-state index < -0.39 is 24.0 Å². The van der Waals surface area contributed by atoms with E-state index in [1.807, 2.05) is 0 Å². The number of hydrogen-bond donors (Lipinski definition) is 4.